The van der Waals surface area contributed by atoms with E-state index in [2.05, 4.69) is 25.2 Å². The molecule has 0 atom stereocenters. The highest BCUT2D eigenvalue weighted by Crippen LogP contribution is 2.45. The predicted octanol–water partition coefficient (Wildman–Crippen LogP) is 2.96. The lowest BCUT2D eigenvalue weighted by molar-refractivity contribution is -0.119. The van der Waals surface area contributed by atoms with Gasteiger partial charge in [-0.1, -0.05) is 19.3 Å². The Balaban J connectivity index is 1.56. The van der Waals surface area contributed by atoms with Gasteiger partial charge in [0.05, 0.1) is 22.5 Å². The first-order valence-electron chi connectivity index (χ1n) is 10.0. The second-order valence-corrected chi connectivity index (χ2v) is 9.72. The monoisotopic (exact) mass is 444 g/mol. The van der Waals surface area contributed by atoms with Crippen LogP contribution in [0.15, 0.2) is 35.4 Å². The number of hydrogen-bond donors (Lipinski definition) is 3. The lowest BCUT2D eigenvalue weighted by Crippen LogP contribution is -2.44. The van der Waals surface area contributed by atoms with Gasteiger partial charge in [0.25, 0.3) is 0 Å². The van der Waals surface area contributed by atoms with Crippen molar-refractivity contribution in [2.75, 3.05) is 10.6 Å². The summed E-state index contributed by atoms with van der Waals surface area (Å²) in [7, 11) is -4.00. The second-order valence-electron chi connectivity index (χ2n) is 8.16. The number of nitrogens with two attached hydrogens (primary N) is 1. The van der Waals surface area contributed by atoms with E-state index in [0.29, 0.717) is 17.9 Å². The smallest absolute Gasteiger partial charge is 0.238 e. The van der Waals surface area contributed by atoms with Gasteiger partial charge in [0.1, 0.15) is 17.3 Å². The van der Waals surface area contributed by atoms with Crippen molar-refractivity contribution in [3.63, 3.8) is 0 Å². The third-order valence-corrected chi connectivity index (χ3v) is 6.98. The molecule has 11 heteroatoms. The highest BCUT2D eigenvalue weighted by atomic mass is 32.2. The number of sulfonamides is 1. The minimum Gasteiger partial charge on any atom is -0.322 e. The van der Waals surface area contributed by atoms with Crippen molar-refractivity contribution in [3.8, 4) is 0 Å². The Morgan fingerprint density at radius 1 is 1.19 bits per heavy atom. The topological polar surface area (TPSA) is 132 Å². The molecule has 3 heterocycles. The number of nitrogens with one attached hydrogen (secondary N) is 2. The Bertz CT molecular complexity index is 1310. The molecule has 0 unspecified atom stereocenters. The van der Waals surface area contributed by atoms with Crippen molar-refractivity contribution in [2.24, 2.45) is 5.14 Å². The summed E-state index contributed by atoms with van der Waals surface area (Å²) in [5, 5.41) is 11.6. The number of carbonyl (C=O) groups is 1. The van der Waals surface area contributed by atoms with Crippen LogP contribution < -0.4 is 15.8 Å². The average molecular weight is 444 g/mol. The van der Waals surface area contributed by atoms with Gasteiger partial charge in [-0.05, 0) is 37.1 Å². The summed E-state index contributed by atoms with van der Waals surface area (Å²) >= 11 is 0. The van der Waals surface area contributed by atoms with Crippen LogP contribution in [0.5, 0.6) is 0 Å². The molecule has 0 saturated heterocycles. The van der Waals surface area contributed by atoms with Crippen molar-refractivity contribution in [2.45, 2.75) is 49.0 Å². The van der Waals surface area contributed by atoms with E-state index in [1.165, 1.54) is 12.1 Å². The molecule has 0 radical (unpaired) electrons. The Kier molecular flexibility index (Phi) is 4.48. The Morgan fingerprint density at radius 2 is 1.97 bits per heavy atom. The molecule has 1 fully saturated rings. The number of nitrogens with zero attached hydrogens (tertiary/aromatic N) is 3. The number of anilines is 3. The molecule has 1 aromatic carbocycles. The van der Waals surface area contributed by atoms with Crippen LogP contribution in [0.2, 0.25) is 0 Å². The van der Waals surface area contributed by atoms with Gasteiger partial charge in [0, 0.05) is 11.6 Å². The van der Waals surface area contributed by atoms with Crippen LogP contribution in [0, 0.1) is 5.82 Å². The number of carbonyl (C=O) groups excluding carboxylic acids is 1. The molecule has 5 rings (SSSR count). The van der Waals surface area contributed by atoms with Gasteiger partial charge in [0.2, 0.25) is 21.9 Å². The highest BCUT2D eigenvalue weighted by molar-refractivity contribution is 7.89. The normalized spacial score (nSPS) is 18.1. The number of rotatable bonds is 3. The number of halogens is 1. The third-order valence-electron chi connectivity index (χ3n) is 6.07. The Labute approximate surface area is 177 Å². The van der Waals surface area contributed by atoms with Crippen molar-refractivity contribution >= 4 is 44.4 Å². The van der Waals surface area contributed by atoms with Gasteiger partial charge in [-0.15, -0.1) is 0 Å². The molecule has 1 amide bonds. The molecule has 9 nitrogen and oxygen atoms in total. The van der Waals surface area contributed by atoms with E-state index < -0.39 is 15.8 Å². The zero-order valence-corrected chi connectivity index (χ0v) is 17.4. The van der Waals surface area contributed by atoms with Crippen LogP contribution in [0.25, 0.3) is 11.0 Å². The van der Waals surface area contributed by atoms with Gasteiger partial charge in [0.15, 0.2) is 0 Å². The van der Waals surface area contributed by atoms with Gasteiger partial charge in [-0.2, -0.15) is 4.98 Å². The summed E-state index contributed by atoms with van der Waals surface area (Å²) in [6.07, 6.45) is 7.05. The molecule has 2 aromatic heterocycles. The molecule has 1 aliphatic heterocycles. The van der Waals surface area contributed by atoms with Crippen LogP contribution in [-0.4, -0.2) is 28.9 Å². The van der Waals surface area contributed by atoms with Gasteiger partial charge < -0.3 is 15.2 Å². The van der Waals surface area contributed by atoms with Crippen LogP contribution in [-0.2, 0) is 20.4 Å². The molecule has 1 saturated carbocycles. The Hall–Kier alpha value is -3.05. The van der Waals surface area contributed by atoms with Crippen molar-refractivity contribution in [1.29, 1.82) is 0 Å². The summed E-state index contributed by atoms with van der Waals surface area (Å²) in [5.74, 6) is 0.0748. The largest absolute Gasteiger partial charge is 0.322 e. The van der Waals surface area contributed by atoms with Gasteiger partial charge in [-0.3, -0.25) is 4.79 Å². The van der Waals surface area contributed by atoms with Gasteiger partial charge >= 0.3 is 0 Å². The number of fused-ring (bicyclic) bond motifs is 4. The molecular weight excluding hydrogens is 423 g/mol. The zero-order valence-electron chi connectivity index (χ0n) is 16.6. The highest BCUT2D eigenvalue weighted by Gasteiger charge is 2.42. The molecular formula is C20H21FN6O3S. The fourth-order valence-electron chi connectivity index (χ4n) is 4.69. The van der Waals surface area contributed by atoms with E-state index >= 15 is 0 Å². The second kappa shape index (κ2) is 6.99. The number of amides is 1. The first-order valence-corrected chi connectivity index (χ1v) is 11.6. The van der Waals surface area contributed by atoms with E-state index in [9.17, 15) is 17.6 Å². The Morgan fingerprint density at radius 3 is 2.68 bits per heavy atom. The molecule has 3 aromatic rings. The zero-order chi connectivity index (χ0) is 21.8. The molecule has 1 spiro atoms. The summed E-state index contributed by atoms with van der Waals surface area (Å²) in [4.78, 5) is 20.9. The fourth-order valence-corrected chi connectivity index (χ4v) is 5.22. The number of benzene rings is 1. The molecule has 2 aliphatic rings. The predicted molar refractivity (Wildman–Crippen MR) is 113 cm³/mol. The van der Waals surface area contributed by atoms with Crippen molar-refractivity contribution in [1.82, 2.24) is 14.5 Å². The summed E-state index contributed by atoms with van der Waals surface area (Å²) in [6, 6.07) is 5.19. The lowest BCUT2D eigenvalue weighted by atomic mass is 9.78. The van der Waals surface area contributed by atoms with Crippen LogP contribution >= 0.6 is 0 Å². The molecule has 0 bridgehead atoms. The first-order chi connectivity index (χ1) is 14.7. The maximum atomic E-state index is 14.4. The molecule has 31 heavy (non-hydrogen) atoms. The average Bonchev–Trinajstić information content (AvgIpc) is 3.07. The quantitative estimate of drug-likeness (QED) is 0.569. The van der Waals surface area contributed by atoms with Crippen LogP contribution in [0.4, 0.5) is 21.8 Å². The van der Waals surface area contributed by atoms with Crippen LogP contribution in [0.1, 0.15) is 38.5 Å². The minimum atomic E-state index is -4.00. The van der Waals surface area contributed by atoms with Crippen molar-refractivity contribution in [3.05, 3.63) is 36.3 Å². The summed E-state index contributed by atoms with van der Waals surface area (Å²) < 4.78 is 39.3. The fraction of sp³-hybridized carbons (Fsp3) is 0.350. The standard InChI is InChI=1S/C20H21FN6O3S/c21-14-9-13(31(22,29)30)4-5-15(14)24-19-23-11-12-8-16-25-17(28)10-20(6-2-1-3-7-20)27(16)18(12)26-19/h4-5,8-9,11H,1-3,6-7,10H2,(H,25,28)(H2,22,29,30)(H,23,24,26). The number of hydrogen-bond acceptors (Lipinski definition) is 6. The SMILES string of the molecule is NS(=O)(=O)c1ccc(Nc2ncc3cc4n(c3n2)C2(CCCCC2)CC(=O)N4)c(F)c1. The third kappa shape index (κ3) is 3.43. The van der Waals surface area contributed by atoms with E-state index in [0.717, 1.165) is 43.6 Å². The minimum absolute atomic E-state index is 0.000491. The van der Waals surface area contributed by atoms with E-state index in [4.69, 9.17) is 5.14 Å². The van der Waals surface area contributed by atoms with Crippen LogP contribution in [0.3, 0.4) is 0 Å². The van der Waals surface area contributed by atoms with E-state index in [-0.39, 0.29) is 28.0 Å². The molecule has 162 valence electrons. The number of primary sulfonamides is 1. The van der Waals surface area contributed by atoms with Crippen molar-refractivity contribution < 1.29 is 17.6 Å². The first kappa shape index (κ1) is 19.9. The molecule has 1 aliphatic carbocycles. The molecule has 4 N–H and O–H groups in total. The van der Waals surface area contributed by atoms with Gasteiger partial charge in [-0.25, -0.2) is 22.9 Å². The number of aromatic nitrogens is 3. The maximum Gasteiger partial charge on any atom is 0.238 e. The van der Waals surface area contributed by atoms with E-state index in [1.54, 1.807) is 6.20 Å². The maximum absolute atomic E-state index is 14.4. The lowest BCUT2D eigenvalue weighted by Gasteiger charge is -2.42. The summed E-state index contributed by atoms with van der Waals surface area (Å²) in [5.41, 5.74) is 0.375. The summed E-state index contributed by atoms with van der Waals surface area (Å²) in [6.45, 7) is 0. The van der Waals surface area contributed by atoms with E-state index in [1.807, 2.05) is 6.07 Å².